The molecule has 0 N–H and O–H groups in total. The van der Waals surface area contributed by atoms with Crippen molar-refractivity contribution in [1.29, 1.82) is 0 Å². The Morgan fingerprint density at radius 2 is 1.52 bits per heavy atom. The van der Waals surface area contributed by atoms with E-state index in [-0.39, 0.29) is 0 Å². The van der Waals surface area contributed by atoms with Gasteiger partial charge in [0.25, 0.3) is 10.3 Å². The van der Waals surface area contributed by atoms with Gasteiger partial charge in [0, 0.05) is 0 Å². The van der Waals surface area contributed by atoms with Gasteiger partial charge in [-0.3, -0.25) is 9.13 Å². The normalized spacial score (nSPS) is 27.0. The van der Waals surface area contributed by atoms with Crippen LogP contribution in [0.15, 0.2) is 18.1 Å². The van der Waals surface area contributed by atoms with Crippen LogP contribution in [0.3, 0.4) is 0 Å². The molecule has 5 heteroatoms. The van der Waals surface area contributed by atoms with E-state index in [9.17, 15) is 0 Å². The number of aryl methyl sites for hydroxylation is 3. The van der Waals surface area contributed by atoms with Crippen LogP contribution in [0.4, 0.5) is 0 Å². The summed E-state index contributed by atoms with van der Waals surface area (Å²) in [5, 5.41) is 1.32. The zero-order valence-electron chi connectivity index (χ0n) is 18.4. The highest BCUT2D eigenvalue weighted by molar-refractivity contribution is 6.97. The largest absolute Gasteiger partial charge is 0.256 e. The smallest absolute Gasteiger partial charge is 0.252 e. The van der Waals surface area contributed by atoms with E-state index in [1.54, 1.807) is 0 Å². The van der Waals surface area contributed by atoms with Crippen molar-refractivity contribution in [3.63, 3.8) is 0 Å². The van der Waals surface area contributed by atoms with Gasteiger partial charge in [0.1, 0.15) is 6.15 Å². The summed E-state index contributed by atoms with van der Waals surface area (Å²) in [7, 11) is 4.18. The summed E-state index contributed by atoms with van der Waals surface area (Å²) in [5.41, 5.74) is 6.75. The summed E-state index contributed by atoms with van der Waals surface area (Å²) in [5.74, 6) is 4.01. The first kappa shape index (κ1) is 21.1. The molecule has 0 spiro atoms. The predicted molar refractivity (Wildman–Crippen MR) is 127 cm³/mol. The highest BCUT2D eigenvalue weighted by Crippen LogP contribution is 2.53. The van der Waals surface area contributed by atoms with Gasteiger partial charge in [0.05, 0.1) is 19.8 Å². The SMILES string of the molecule is Cc1cc(C)c(/C=C\[B-]2(c3n(C)c(Cl)c(Cl)[n+]3C)C3CCCC2CCC3)c(C)c1. The number of hydrogen-bond donors (Lipinski definition) is 0. The van der Waals surface area contributed by atoms with Crippen molar-refractivity contribution in [2.45, 2.75) is 70.9 Å². The molecule has 0 unspecified atom stereocenters. The summed E-state index contributed by atoms with van der Waals surface area (Å²) in [6.45, 7) is 6.65. The van der Waals surface area contributed by atoms with Crippen molar-refractivity contribution in [3.05, 3.63) is 50.7 Å². The average Bonchev–Trinajstić information content (AvgIpc) is 2.83. The van der Waals surface area contributed by atoms with E-state index in [1.807, 2.05) is 0 Å². The van der Waals surface area contributed by atoms with E-state index in [0.29, 0.717) is 21.9 Å². The molecule has 156 valence electrons. The number of fused-ring (bicyclic) bond motifs is 2. The molecular weight excluding hydrogens is 398 g/mol. The van der Waals surface area contributed by atoms with E-state index >= 15 is 0 Å². The molecule has 0 amide bonds. The summed E-state index contributed by atoms with van der Waals surface area (Å²) >= 11 is 13.2. The van der Waals surface area contributed by atoms with Crippen LogP contribution in [0, 0.1) is 20.8 Å². The minimum absolute atomic E-state index is 0.658. The topological polar surface area (TPSA) is 8.81 Å². The third-order valence-electron chi connectivity index (χ3n) is 8.07. The maximum absolute atomic E-state index is 6.62. The third kappa shape index (κ3) is 3.29. The Morgan fingerprint density at radius 1 is 1.00 bits per heavy atom. The van der Waals surface area contributed by atoms with Gasteiger partial charge < -0.3 is 0 Å². The number of halogens is 2. The van der Waals surface area contributed by atoms with Crippen molar-refractivity contribution in [1.82, 2.24) is 4.57 Å². The fraction of sp³-hybridized carbons (Fsp3) is 0.542. The standard InChI is InChI=1S/C24H33BCl2N2/c1-16-14-17(2)21(18(3)15-16)12-13-25(19-8-6-9-20(25)11-7-10-19)24-28(4)22(26)23(27)29(24)5/h12-15,19-20H,6-11H2,1-5H3/b13-12-. The maximum atomic E-state index is 6.62. The van der Waals surface area contributed by atoms with Gasteiger partial charge >= 0.3 is 0 Å². The first-order valence-electron chi connectivity index (χ1n) is 11.1. The minimum Gasteiger partial charge on any atom is -0.256 e. The van der Waals surface area contributed by atoms with E-state index < -0.39 is 6.15 Å². The summed E-state index contributed by atoms with van der Waals surface area (Å²) in [6.07, 6.45) is 9.49. The number of benzene rings is 1. The second-order valence-electron chi connectivity index (χ2n) is 9.69. The molecule has 0 aliphatic carbocycles. The number of aromatic nitrogens is 2. The minimum atomic E-state index is -0.894. The first-order chi connectivity index (χ1) is 13.8. The van der Waals surface area contributed by atoms with E-state index in [4.69, 9.17) is 23.2 Å². The zero-order chi connectivity index (χ0) is 20.9. The monoisotopic (exact) mass is 430 g/mol. The van der Waals surface area contributed by atoms with Crippen LogP contribution in [-0.2, 0) is 14.1 Å². The molecule has 0 atom stereocenters. The summed E-state index contributed by atoms with van der Waals surface area (Å²) < 4.78 is 4.33. The molecule has 0 radical (unpaired) electrons. The van der Waals surface area contributed by atoms with Crippen molar-refractivity contribution in [3.8, 4) is 0 Å². The highest BCUT2D eigenvalue weighted by Gasteiger charge is 2.50. The molecule has 2 aliphatic rings. The summed E-state index contributed by atoms with van der Waals surface area (Å²) in [6, 6.07) is 4.59. The van der Waals surface area contributed by atoms with Gasteiger partial charge in [0.15, 0.2) is 0 Å². The molecule has 0 saturated carbocycles. The lowest BCUT2D eigenvalue weighted by Gasteiger charge is -2.55. The third-order valence-corrected chi connectivity index (χ3v) is 9.03. The number of imidazole rings is 1. The van der Waals surface area contributed by atoms with Crippen molar-refractivity contribution in [2.24, 2.45) is 14.1 Å². The number of rotatable bonds is 3. The molecule has 2 saturated heterocycles. The summed E-state index contributed by atoms with van der Waals surface area (Å²) in [4.78, 5) is 0. The van der Waals surface area contributed by atoms with E-state index in [1.165, 1.54) is 66.5 Å². The van der Waals surface area contributed by atoms with Gasteiger partial charge in [-0.2, -0.15) is 11.6 Å². The van der Waals surface area contributed by atoms with Crippen LogP contribution in [-0.4, -0.2) is 10.7 Å². The number of hydrogen-bond acceptors (Lipinski definition) is 0. The second kappa shape index (κ2) is 7.82. The maximum Gasteiger partial charge on any atom is 0.252 e. The second-order valence-corrected chi connectivity index (χ2v) is 10.4. The van der Waals surface area contributed by atoms with Gasteiger partial charge in [-0.05, 0) is 60.7 Å². The van der Waals surface area contributed by atoms with Gasteiger partial charge in [-0.25, -0.2) is 5.98 Å². The van der Waals surface area contributed by atoms with Crippen LogP contribution in [0.5, 0.6) is 0 Å². The van der Waals surface area contributed by atoms with Crippen molar-refractivity contribution >= 4 is 41.1 Å². The Kier molecular flexibility index (Phi) is 5.68. The Bertz CT molecular complexity index is 905. The van der Waals surface area contributed by atoms with E-state index in [2.05, 4.69) is 68.2 Å². The predicted octanol–water partition coefficient (Wildman–Crippen LogP) is 6.10. The zero-order valence-corrected chi connectivity index (χ0v) is 19.9. The fourth-order valence-electron chi connectivity index (χ4n) is 6.97. The Hall–Kier alpha value is -1.19. The van der Waals surface area contributed by atoms with Crippen molar-refractivity contribution in [2.75, 3.05) is 0 Å². The van der Waals surface area contributed by atoms with Gasteiger partial charge in [-0.1, -0.05) is 62.3 Å². The first-order valence-corrected chi connectivity index (χ1v) is 11.9. The molecule has 2 nitrogen and oxygen atoms in total. The Morgan fingerprint density at radius 3 is 1.97 bits per heavy atom. The number of nitrogens with zero attached hydrogens (tertiary/aromatic N) is 2. The fourth-order valence-corrected chi connectivity index (χ4v) is 7.39. The lowest BCUT2D eigenvalue weighted by Crippen LogP contribution is -2.69. The molecule has 1 aromatic carbocycles. The van der Waals surface area contributed by atoms with Gasteiger partial charge in [-0.15, -0.1) is 0 Å². The lowest BCUT2D eigenvalue weighted by molar-refractivity contribution is -0.651. The molecule has 2 aromatic rings. The van der Waals surface area contributed by atoms with Crippen molar-refractivity contribution < 1.29 is 4.57 Å². The highest BCUT2D eigenvalue weighted by atomic mass is 35.5. The molecular formula is C24H33BCl2N2. The molecule has 4 rings (SSSR count). The molecule has 2 aliphatic heterocycles. The molecule has 1 aromatic heterocycles. The lowest BCUT2D eigenvalue weighted by atomic mass is 9.08. The van der Waals surface area contributed by atoms with Crippen LogP contribution >= 0.6 is 23.2 Å². The average molecular weight is 431 g/mol. The molecule has 2 bridgehead atoms. The Balaban J connectivity index is 1.93. The van der Waals surface area contributed by atoms with Crippen LogP contribution in [0.25, 0.3) is 6.08 Å². The Labute approximate surface area is 185 Å². The quantitative estimate of drug-likeness (QED) is 0.410. The van der Waals surface area contributed by atoms with Crippen LogP contribution in [0.2, 0.25) is 21.9 Å². The van der Waals surface area contributed by atoms with Crippen LogP contribution < -0.4 is 10.3 Å². The molecule has 2 fully saturated rings. The molecule has 29 heavy (non-hydrogen) atoms. The van der Waals surface area contributed by atoms with E-state index in [0.717, 1.165) is 0 Å². The van der Waals surface area contributed by atoms with Gasteiger partial charge in [0.2, 0.25) is 0 Å². The molecule has 3 heterocycles. The van der Waals surface area contributed by atoms with Crippen LogP contribution in [0.1, 0.15) is 60.8 Å².